The number of benzene rings is 2. The molecule has 1 aliphatic rings. The number of ether oxygens (including phenoxy) is 3. The highest BCUT2D eigenvalue weighted by Crippen LogP contribution is 2.41. The highest BCUT2D eigenvalue weighted by molar-refractivity contribution is 5.90. The summed E-state index contributed by atoms with van der Waals surface area (Å²) in [5, 5.41) is 11.2. The molecule has 0 spiro atoms. The van der Waals surface area contributed by atoms with Crippen LogP contribution in [0.4, 0.5) is 0 Å². The second-order valence-electron chi connectivity index (χ2n) is 4.62. The Hall–Kier alpha value is -2.11. The van der Waals surface area contributed by atoms with Crippen LogP contribution in [0, 0.1) is 0 Å². The zero-order valence-electron chi connectivity index (χ0n) is 11.1. The Morgan fingerprint density at radius 1 is 1.30 bits per heavy atom. The third-order valence-electron chi connectivity index (χ3n) is 3.39. The van der Waals surface area contributed by atoms with Crippen LogP contribution >= 0.6 is 0 Å². The molecule has 0 aromatic heterocycles. The zero-order valence-corrected chi connectivity index (χ0v) is 11.1. The summed E-state index contributed by atoms with van der Waals surface area (Å²) in [4.78, 5) is 11.5. The van der Waals surface area contributed by atoms with Crippen LogP contribution in [-0.2, 0) is 20.1 Å². The van der Waals surface area contributed by atoms with Crippen molar-refractivity contribution in [1.29, 1.82) is 0 Å². The smallest absolute Gasteiger partial charge is 0.369 e. The maximum atomic E-state index is 11.5. The van der Waals surface area contributed by atoms with Crippen LogP contribution in [-0.4, -0.2) is 24.5 Å². The Balaban J connectivity index is 2.15. The molecule has 0 saturated carbocycles. The second-order valence-corrected chi connectivity index (χ2v) is 4.62. The van der Waals surface area contributed by atoms with Crippen LogP contribution in [0.2, 0.25) is 0 Å². The topological polar surface area (TPSA) is 65.0 Å². The lowest BCUT2D eigenvalue weighted by molar-refractivity contribution is -0.437. The summed E-state index contributed by atoms with van der Waals surface area (Å²) in [7, 11) is 1.58. The van der Waals surface area contributed by atoms with E-state index >= 15 is 0 Å². The van der Waals surface area contributed by atoms with Gasteiger partial charge in [-0.2, -0.15) is 0 Å². The number of carbonyl (C=O) groups is 1. The summed E-state index contributed by atoms with van der Waals surface area (Å²) in [5.41, 5.74) is 0.445. The largest absolute Gasteiger partial charge is 0.496 e. The lowest BCUT2D eigenvalue weighted by Gasteiger charge is -2.42. The molecule has 1 aliphatic heterocycles. The number of aliphatic carboxylic acids is 1. The average Bonchev–Trinajstić information content (AvgIpc) is 2.42. The fraction of sp³-hybridized carbons (Fsp3) is 0.267. The number of rotatable bonds is 3. The van der Waals surface area contributed by atoms with Gasteiger partial charge in [-0.25, -0.2) is 4.79 Å². The van der Waals surface area contributed by atoms with E-state index in [4.69, 9.17) is 14.2 Å². The summed E-state index contributed by atoms with van der Waals surface area (Å²) in [5.74, 6) is -2.20. The van der Waals surface area contributed by atoms with E-state index in [-0.39, 0.29) is 0 Å². The van der Waals surface area contributed by atoms with Crippen molar-refractivity contribution in [2.75, 3.05) is 7.11 Å². The van der Waals surface area contributed by atoms with E-state index in [1.165, 1.54) is 0 Å². The Morgan fingerprint density at radius 2 is 2.05 bits per heavy atom. The van der Waals surface area contributed by atoms with Crippen molar-refractivity contribution >= 4 is 16.7 Å². The van der Waals surface area contributed by atoms with E-state index in [0.29, 0.717) is 11.3 Å². The molecule has 0 bridgehead atoms. The highest BCUT2D eigenvalue weighted by atomic mass is 16.9. The normalized spacial score (nSPS) is 25.2. The van der Waals surface area contributed by atoms with Gasteiger partial charge in [-0.1, -0.05) is 24.3 Å². The monoisotopic (exact) mass is 274 g/mol. The first-order chi connectivity index (χ1) is 9.56. The minimum absolute atomic E-state index is 0.445. The standard InChI is InChI=1S/C15H14O5/c1-9-19-15(20-9,14(16)17)11-7-6-10-4-3-5-13(18-2)12(10)8-11/h3-9H,1-2H3,(H,16,17). The van der Waals surface area contributed by atoms with Crippen LogP contribution in [0.3, 0.4) is 0 Å². The summed E-state index contributed by atoms with van der Waals surface area (Å²) in [6.45, 7) is 1.66. The van der Waals surface area contributed by atoms with Gasteiger partial charge in [-0.3, -0.25) is 0 Å². The van der Waals surface area contributed by atoms with Crippen molar-refractivity contribution < 1.29 is 24.1 Å². The molecule has 5 heteroatoms. The van der Waals surface area contributed by atoms with Crippen molar-refractivity contribution in [2.24, 2.45) is 0 Å². The highest BCUT2D eigenvalue weighted by Gasteiger charge is 2.54. The maximum absolute atomic E-state index is 11.5. The predicted molar refractivity (Wildman–Crippen MR) is 71.4 cm³/mol. The Bertz CT molecular complexity index is 673. The Labute approximate surface area is 115 Å². The maximum Gasteiger partial charge on any atom is 0.369 e. The Kier molecular flexibility index (Phi) is 2.88. The van der Waals surface area contributed by atoms with E-state index in [1.807, 2.05) is 24.3 Å². The molecule has 0 unspecified atom stereocenters. The van der Waals surface area contributed by atoms with Crippen molar-refractivity contribution in [2.45, 2.75) is 19.0 Å². The van der Waals surface area contributed by atoms with Gasteiger partial charge in [-0.15, -0.1) is 0 Å². The molecule has 1 fully saturated rings. The molecule has 2 aromatic carbocycles. The third kappa shape index (κ3) is 1.75. The minimum atomic E-state index is -1.71. The molecule has 104 valence electrons. The van der Waals surface area contributed by atoms with E-state index in [1.54, 1.807) is 26.2 Å². The lowest BCUT2D eigenvalue weighted by atomic mass is 9.99. The molecule has 0 aliphatic carbocycles. The number of hydrogen-bond acceptors (Lipinski definition) is 4. The first kappa shape index (κ1) is 12.9. The Morgan fingerprint density at radius 3 is 2.65 bits per heavy atom. The molecule has 20 heavy (non-hydrogen) atoms. The summed E-state index contributed by atoms with van der Waals surface area (Å²) in [6.07, 6.45) is -0.528. The first-order valence-corrected chi connectivity index (χ1v) is 6.23. The molecule has 1 N–H and O–H groups in total. The van der Waals surface area contributed by atoms with Gasteiger partial charge in [0, 0.05) is 10.9 Å². The van der Waals surface area contributed by atoms with Gasteiger partial charge >= 0.3 is 11.8 Å². The zero-order chi connectivity index (χ0) is 14.3. The number of fused-ring (bicyclic) bond motifs is 1. The van der Waals surface area contributed by atoms with Gasteiger partial charge in [0.2, 0.25) is 0 Å². The number of carboxylic acid groups (broad SMARTS) is 1. The predicted octanol–water partition coefficient (Wildman–Crippen LogP) is 2.48. The van der Waals surface area contributed by atoms with Gasteiger partial charge in [0.15, 0.2) is 6.29 Å². The van der Waals surface area contributed by atoms with Gasteiger partial charge in [0.1, 0.15) is 5.75 Å². The van der Waals surface area contributed by atoms with Crippen molar-refractivity contribution in [3.63, 3.8) is 0 Å². The van der Waals surface area contributed by atoms with Crippen molar-refractivity contribution in [3.05, 3.63) is 42.0 Å². The second kappa shape index (κ2) is 4.47. The van der Waals surface area contributed by atoms with Gasteiger partial charge in [0.25, 0.3) is 0 Å². The van der Waals surface area contributed by atoms with E-state index in [2.05, 4.69) is 0 Å². The molecule has 0 radical (unpaired) electrons. The minimum Gasteiger partial charge on any atom is -0.496 e. The van der Waals surface area contributed by atoms with Gasteiger partial charge < -0.3 is 19.3 Å². The molecule has 2 aromatic rings. The van der Waals surface area contributed by atoms with Crippen LogP contribution in [0.1, 0.15) is 12.5 Å². The summed E-state index contributed by atoms with van der Waals surface area (Å²) >= 11 is 0. The number of hydrogen-bond donors (Lipinski definition) is 1. The van der Waals surface area contributed by atoms with E-state index < -0.39 is 18.0 Å². The van der Waals surface area contributed by atoms with E-state index in [0.717, 1.165) is 10.8 Å². The number of methoxy groups -OCH3 is 1. The summed E-state index contributed by atoms with van der Waals surface area (Å²) < 4.78 is 16.0. The summed E-state index contributed by atoms with van der Waals surface area (Å²) in [6, 6.07) is 10.9. The average molecular weight is 274 g/mol. The van der Waals surface area contributed by atoms with Crippen LogP contribution in [0.25, 0.3) is 10.8 Å². The first-order valence-electron chi connectivity index (χ1n) is 6.23. The van der Waals surface area contributed by atoms with Crippen molar-refractivity contribution in [1.82, 2.24) is 0 Å². The van der Waals surface area contributed by atoms with Gasteiger partial charge in [-0.05, 0) is 24.4 Å². The van der Waals surface area contributed by atoms with Crippen LogP contribution in [0.15, 0.2) is 36.4 Å². The third-order valence-corrected chi connectivity index (χ3v) is 3.39. The molecular weight excluding hydrogens is 260 g/mol. The molecule has 0 atom stereocenters. The fourth-order valence-electron chi connectivity index (χ4n) is 2.46. The van der Waals surface area contributed by atoms with Gasteiger partial charge in [0.05, 0.1) is 7.11 Å². The molecular formula is C15H14O5. The molecule has 1 saturated heterocycles. The quantitative estimate of drug-likeness (QED) is 0.931. The van der Waals surface area contributed by atoms with Crippen LogP contribution < -0.4 is 4.74 Å². The fourth-order valence-corrected chi connectivity index (χ4v) is 2.46. The lowest BCUT2D eigenvalue weighted by Crippen LogP contribution is -2.55. The molecule has 1 heterocycles. The van der Waals surface area contributed by atoms with E-state index in [9.17, 15) is 9.90 Å². The molecule has 5 nitrogen and oxygen atoms in total. The number of carboxylic acids is 1. The molecule has 3 rings (SSSR count). The SMILES string of the molecule is COc1cccc2ccc(C3(C(=O)O)OC(C)O3)cc12. The molecule has 0 amide bonds. The van der Waals surface area contributed by atoms with Crippen molar-refractivity contribution in [3.8, 4) is 5.75 Å². The van der Waals surface area contributed by atoms with Crippen LogP contribution in [0.5, 0.6) is 5.75 Å².